The minimum Gasteiger partial charge on any atom is -0.389 e. The first-order valence-electron chi connectivity index (χ1n) is 7.29. The molecule has 0 amide bonds. The van der Waals surface area contributed by atoms with Gasteiger partial charge in [0.2, 0.25) is 0 Å². The Hall–Kier alpha value is -1.13. The Kier molecular flexibility index (Phi) is 4.66. The molecule has 0 aliphatic carbocycles. The molecule has 1 saturated heterocycles. The van der Waals surface area contributed by atoms with Crippen LogP contribution in [0.4, 0.5) is 10.1 Å². The fraction of sp³-hybridized carbons (Fsp3) is 0.625. The van der Waals surface area contributed by atoms with Crippen molar-refractivity contribution in [3.8, 4) is 0 Å². The number of nitrogens with zero attached hydrogens (tertiary/aromatic N) is 2. The molecule has 1 aliphatic rings. The van der Waals surface area contributed by atoms with Crippen LogP contribution in [0.25, 0.3) is 0 Å². The predicted molar refractivity (Wildman–Crippen MR) is 80.7 cm³/mol. The zero-order valence-corrected chi connectivity index (χ0v) is 12.9. The van der Waals surface area contributed by atoms with Crippen molar-refractivity contribution in [2.24, 2.45) is 0 Å². The fourth-order valence-corrected chi connectivity index (χ4v) is 3.03. The number of likely N-dealkylation sites (N-methyl/N-ethyl adjacent to an activating group) is 1. The van der Waals surface area contributed by atoms with Crippen molar-refractivity contribution in [2.75, 3.05) is 32.1 Å². The first-order valence-corrected chi connectivity index (χ1v) is 7.29. The van der Waals surface area contributed by atoms with Gasteiger partial charge in [-0.3, -0.25) is 0 Å². The van der Waals surface area contributed by atoms with Crippen molar-refractivity contribution in [2.45, 2.75) is 38.8 Å². The third-order valence-electron chi connectivity index (χ3n) is 4.02. The van der Waals surface area contributed by atoms with Gasteiger partial charge in [0, 0.05) is 30.4 Å². The zero-order valence-electron chi connectivity index (χ0n) is 12.9. The van der Waals surface area contributed by atoms with Gasteiger partial charge in [-0.25, -0.2) is 4.39 Å². The summed E-state index contributed by atoms with van der Waals surface area (Å²) in [7, 11) is 4.14. The predicted octanol–water partition coefficient (Wildman–Crippen LogP) is 2.72. The molecule has 1 aromatic carbocycles. The summed E-state index contributed by atoms with van der Waals surface area (Å²) in [5.41, 5.74) is 2.32. The molecule has 1 heterocycles. The topological polar surface area (TPSA) is 26.7 Å². The third kappa shape index (κ3) is 3.13. The molecule has 20 heavy (non-hydrogen) atoms. The van der Waals surface area contributed by atoms with Crippen LogP contribution in [0.5, 0.6) is 0 Å². The number of benzene rings is 1. The summed E-state index contributed by atoms with van der Waals surface area (Å²) >= 11 is 0. The molecule has 4 heteroatoms. The number of anilines is 1. The van der Waals surface area contributed by atoms with E-state index in [-0.39, 0.29) is 5.82 Å². The van der Waals surface area contributed by atoms with E-state index in [9.17, 15) is 9.50 Å². The monoisotopic (exact) mass is 280 g/mol. The second-order valence-electron chi connectivity index (χ2n) is 6.09. The van der Waals surface area contributed by atoms with Crippen molar-refractivity contribution in [3.05, 3.63) is 29.1 Å². The highest BCUT2D eigenvalue weighted by molar-refractivity contribution is 5.58. The SMILES string of the molecule is Cc1cc(N2CCCC2CN(C)C)c([C@H](C)O)cc1F. The summed E-state index contributed by atoms with van der Waals surface area (Å²) < 4.78 is 13.8. The average Bonchev–Trinajstić information content (AvgIpc) is 2.79. The van der Waals surface area contributed by atoms with Gasteiger partial charge in [0.1, 0.15) is 5.82 Å². The third-order valence-corrected chi connectivity index (χ3v) is 4.02. The maximum Gasteiger partial charge on any atom is 0.126 e. The Labute approximate surface area is 121 Å². The second-order valence-corrected chi connectivity index (χ2v) is 6.09. The highest BCUT2D eigenvalue weighted by Crippen LogP contribution is 2.34. The number of halogens is 1. The van der Waals surface area contributed by atoms with Crippen LogP contribution in [0.2, 0.25) is 0 Å². The molecule has 0 saturated carbocycles. The molecular weight excluding hydrogens is 255 g/mol. The largest absolute Gasteiger partial charge is 0.389 e. The van der Waals surface area contributed by atoms with E-state index in [0.717, 1.165) is 31.6 Å². The number of aliphatic hydroxyl groups excluding tert-OH is 1. The number of hydrogen-bond acceptors (Lipinski definition) is 3. The molecule has 0 radical (unpaired) electrons. The summed E-state index contributed by atoms with van der Waals surface area (Å²) in [4.78, 5) is 4.51. The van der Waals surface area contributed by atoms with E-state index < -0.39 is 6.10 Å². The van der Waals surface area contributed by atoms with E-state index in [1.807, 2.05) is 6.07 Å². The molecule has 2 rings (SSSR count). The van der Waals surface area contributed by atoms with Crippen LogP contribution in [0.1, 0.15) is 37.0 Å². The van der Waals surface area contributed by atoms with Crippen molar-refractivity contribution in [1.29, 1.82) is 0 Å². The van der Waals surface area contributed by atoms with Gasteiger partial charge >= 0.3 is 0 Å². The molecule has 0 aromatic heterocycles. The second kappa shape index (κ2) is 6.10. The van der Waals surface area contributed by atoms with Crippen LogP contribution in [0, 0.1) is 12.7 Å². The first-order chi connectivity index (χ1) is 9.40. The smallest absolute Gasteiger partial charge is 0.126 e. The van der Waals surface area contributed by atoms with Gasteiger partial charge in [0.25, 0.3) is 0 Å². The molecule has 112 valence electrons. The summed E-state index contributed by atoms with van der Waals surface area (Å²) in [5.74, 6) is -0.243. The van der Waals surface area contributed by atoms with Gasteiger partial charge < -0.3 is 14.9 Å². The van der Waals surface area contributed by atoms with Crippen LogP contribution >= 0.6 is 0 Å². The molecule has 1 aliphatic heterocycles. The van der Waals surface area contributed by atoms with Gasteiger partial charge in [-0.15, -0.1) is 0 Å². The van der Waals surface area contributed by atoms with Gasteiger partial charge in [0.15, 0.2) is 0 Å². The van der Waals surface area contributed by atoms with E-state index in [0.29, 0.717) is 17.2 Å². The van der Waals surface area contributed by atoms with E-state index in [1.165, 1.54) is 6.07 Å². The molecule has 1 fully saturated rings. The maximum atomic E-state index is 13.8. The lowest BCUT2D eigenvalue weighted by atomic mass is 10.0. The Morgan fingerprint density at radius 2 is 2.15 bits per heavy atom. The maximum absolute atomic E-state index is 13.8. The Bertz CT molecular complexity index is 474. The first kappa shape index (κ1) is 15.3. The summed E-state index contributed by atoms with van der Waals surface area (Å²) in [6.07, 6.45) is 1.64. The summed E-state index contributed by atoms with van der Waals surface area (Å²) in [6.45, 7) is 5.44. The molecule has 2 atom stereocenters. The highest BCUT2D eigenvalue weighted by Gasteiger charge is 2.28. The zero-order chi connectivity index (χ0) is 14.9. The van der Waals surface area contributed by atoms with E-state index in [2.05, 4.69) is 23.9 Å². The summed E-state index contributed by atoms with van der Waals surface area (Å²) in [5, 5.41) is 9.94. The summed E-state index contributed by atoms with van der Waals surface area (Å²) in [6, 6.07) is 3.80. The van der Waals surface area contributed by atoms with Crippen molar-refractivity contribution in [3.63, 3.8) is 0 Å². The molecule has 1 N–H and O–H groups in total. The van der Waals surface area contributed by atoms with Gasteiger partial charge in [-0.1, -0.05) is 0 Å². The lowest BCUT2D eigenvalue weighted by molar-refractivity contribution is 0.199. The van der Waals surface area contributed by atoms with E-state index >= 15 is 0 Å². The Balaban J connectivity index is 2.37. The van der Waals surface area contributed by atoms with Crippen LogP contribution in [-0.4, -0.2) is 43.2 Å². The van der Waals surface area contributed by atoms with E-state index in [4.69, 9.17) is 0 Å². The van der Waals surface area contributed by atoms with Crippen LogP contribution in [-0.2, 0) is 0 Å². The molecular formula is C16H25FN2O. The van der Waals surface area contributed by atoms with Crippen LogP contribution in [0.3, 0.4) is 0 Å². The fourth-order valence-electron chi connectivity index (χ4n) is 3.03. The number of rotatable bonds is 4. The number of aliphatic hydroxyl groups is 1. The van der Waals surface area contributed by atoms with Crippen molar-refractivity contribution < 1.29 is 9.50 Å². The molecule has 1 aromatic rings. The van der Waals surface area contributed by atoms with Crippen molar-refractivity contribution >= 4 is 5.69 Å². The van der Waals surface area contributed by atoms with Crippen LogP contribution in [0.15, 0.2) is 12.1 Å². The molecule has 0 spiro atoms. The lowest BCUT2D eigenvalue weighted by Crippen LogP contribution is -2.38. The Morgan fingerprint density at radius 3 is 2.75 bits per heavy atom. The minimum absolute atomic E-state index is 0.243. The number of hydrogen-bond donors (Lipinski definition) is 1. The average molecular weight is 280 g/mol. The van der Waals surface area contributed by atoms with E-state index in [1.54, 1.807) is 13.8 Å². The van der Waals surface area contributed by atoms with Crippen LogP contribution < -0.4 is 4.90 Å². The minimum atomic E-state index is -0.652. The standard InChI is InChI=1S/C16H25FN2O/c1-11-8-16(14(12(2)20)9-15(11)17)19-7-5-6-13(19)10-18(3)4/h8-9,12-13,20H,5-7,10H2,1-4H3/t12-,13?/m0/s1. The normalized spacial score (nSPS) is 20.8. The molecule has 0 bridgehead atoms. The molecule has 3 nitrogen and oxygen atoms in total. The van der Waals surface area contributed by atoms with Gasteiger partial charge in [-0.2, -0.15) is 0 Å². The quantitative estimate of drug-likeness (QED) is 0.918. The number of aryl methyl sites for hydroxylation is 1. The van der Waals surface area contributed by atoms with Gasteiger partial charge in [-0.05, 0) is 58.5 Å². The lowest BCUT2D eigenvalue weighted by Gasteiger charge is -2.31. The molecule has 1 unspecified atom stereocenters. The Morgan fingerprint density at radius 1 is 1.45 bits per heavy atom. The van der Waals surface area contributed by atoms with Gasteiger partial charge in [0.05, 0.1) is 6.10 Å². The van der Waals surface area contributed by atoms with Crippen molar-refractivity contribution in [1.82, 2.24) is 4.90 Å². The highest BCUT2D eigenvalue weighted by atomic mass is 19.1.